The lowest BCUT2D eigenvalue weighted by Gasteiger charge is -2.13. The van der Waals surface area contributed by atoms with Crippen molar-refractivity contribution in [1.29, 1.82) is 0 Å². The lowest BCUT2D eigenvalue weighted by atomic mass is 10.3. The summed E-state index contributed by atoms with van der Waals surface area (Å²) in [6.45, 7) is -0.742. The zero-order valence-electron chi connectivity index (χ0n) is 7.17. The van der Waals surface area contributed by atoms with Crippen LogP contribution < -0.4 is 5.48 Å². The van der Waals surface area contributed by atoms with Crippen molar-refractivity contribution in [3.05, 3.63) is 24.5 Å². The van der Waals surface area contributed by atoms with Gasteiger partial charge in [0.1, 0.15) is 6.61 Å². The van der Waals surface area contributed by atoms with Gasteiger partial charge in [-0.2, -0.15) is 5.48 Å². The van der Waals surface area contributed by atoms with Crippen molar-refractivity contribution in [2.24, 2.45) is 0 Å². The fourth-order valence-corrected chi connectivity index (χ4v) is 0.717. The van der Waals surface area contributed by atoms with E-state index in [0.29, 0.717) is 0 Å². The fraction of sp³-hybridized carbons (Fsp3) is 0.250. The Hall–Kier alpha value is -1.82. The Morgan fingerprint density at radius 3 is 2.86 bits per heavy atom. The first-order valence-corrected chi connectivity index (χ1v) is 3.83. The molecule has 1 rings (SSSR count). The third-order valence-corrected chi connectivity index (χ3v) is 1.34. The van der Waals surface area contributed by atoms with Crippen molar-refractivity contribution in [3.8, 4) is 0 Å². The molecule has 0 spiro atoms. The third kappa shape index (κ3) is 2.91. The number of hydroxylamine groups is 1. The van der Waals surface area contributed by atoms with Crippen LogP contribution in [0.2, 0.25) is 0 Å². The molecule has 0 fully saturated rings. The second-order valence-corrected chi connectivity index (χ2v) is 2.37. The predicted octanol–water partition coefficient (Wildman–Crippen LogP) is -0.978. The maximum atomic E-state index is 11.1. The maximum Gasteiger partial charge on any atom is 0.376 e. The highest BCUT2D eigenvalue weighted by molar-refractivity contribution is 5.81. The summed E-state index contributed by atoms with van der Waals surface area (Å²) in [7, 11) is 0. The quantitative estimate of drug-likeness (QED) is 0.558. The van der Waals surface area contributed by atoms with Crippen molar-refractivity contribution < 1.29 is 24.3 Å². The molecule has 1 atom stereocenters. The minimum Gasteiger partial charge on any atom is -0.482 e. The number of amides is 1. The molecule has 0 bridgehead atoms. The molecule has 0 aromatic rings. The van der Waals surface area contributed by atoms with E-state index in [0.717, 1.165) is 0 Å². The van der Waals surface area contributed by atoms with Crippen LogP contribution >= 0.6 is 0 Å². The van der Waals surface area contributed by atoms with E-state index >= 15 is 0 Å². The average molecular weight is 199 g/mol. The van der Waals surface area contributed by atoms with Gasteiger partial charge in [0, 0.05) is 0 Å². The van der Waals surface area contributed by atoms with Gasteiger partial charge in [0.15, 0.2) is 0 Å². The number of rotatable bonds is 2. The number of ether oxygens (including phenoxy) is 1. The van der Waals surface area contributed by atoms with E-state index < -0.39 is 24.6 Å². The van der Waals surface area contributed by atoms with Gasteiger partial charge >= 0.3 is 5.97 Å². The fourth-order valence-electron chi connectivity index (χ4n) is 0.717. The SMILES string of the molecule is O=C(CO)NOC(=O)C1C=CC=CO1. The largest absolute Gasteiger partial charge is 0.482 e. The van der Waals surface area contributed by atoms with Gasteiger partial charge in [-0.3, -0.25) is 4.79 Å². The molecular weight excluding hydrogens is 190 g/mol. The Balaban J connectivity index is 2.31. The third-order valence-electron chi connectivity index (χ3n) is 1.34. The Morgan fingerprint density at radius 1 is 1.50 bits per heavy atom. The van der Waals surface area contributed by atoms with Crippen LogP contribution in [-0.4, -0.2) is 29.7 Å². The van der Waals surface area contributed by atoms with E-state index in [1.165, 1.54) is 12.3 Å². The minimum atomic E-state index is -0.862. The smallest absolute Gasteiger partial charge is 0.376 e. The Morgan fingerprint density at radius 2 is 2.29 bits per heavy atom. The first-order chi connectivity index (χ1) is 6.74. The molecule has 14 heavy (non-hydrogen) atoms. The number of allylic oxidation sites excluding steroid dienone is 2. The van der Waals surface area contributed by atoms with Crippen molar-refractivity contribution in [2.45, 2.75) is 6.10 Å². The molecule has 0 saturated heterocycles. The van der Waals surface area contributed by atoms with Crippen molar-refractivity contribution >= 4 is 11.9 Å². The molecule has 0 aromatic carbocycles. The molecule has 1 heterocycles. The standard InChI is InChI=1S/C8H9NO5/c10-5-7(11)9-14-8(12)6-3-1-2-4-13-6/h1-4,6,10H,5H2,(H,9,11). The van der Waals surface area contributed by atoms with Crippen LogP contribution in [0.5, 0.6) is 0 Å². The molecule has 6 nitrogen and oxygen atoms in total. The van der Waals surface area contributed by atoms with Crippen LogP contribution in [0, 0.1) is 0 Å². The van der Waals surface area contributed by atoms with Crippen LogP contribution in [0.15, 0.2) is 24.5 Å². The molecule has 0 aromatic heterocycles. The molecule has 0 saturated carbocycles. The maximum absolute atomic E-state index is 11.1. The number of carbonyl (C=O) groups is 2. The lowest BCUT2D eigenvalue weighted by molar-refractivity contribution is -0.165. The summed E-state index contributed by atoms with van der Waals surface area (Å²) in [5.41, 5.74) is 1.75. The summed E-state index contributed by atoms with van der Waals surface area (Å²) in [5.74, 6) is -1.55. The number of hydrogen-bond donors (Lipinski definition) is 2. The molecule has 0 aliphatic carbocycles. The van der Waals surface area contributed by atoms with E-state index in [1.807, 2.05) is 0 Å². The van der Waals surface area contributed by atoms with Crippen LogP contribution in [0.3, 0.4) is 0 Å². The van der Waals surface area contributed by atoms with E-state index in [2.05, 4.69) is 4.84 Å². The number of aliphatic hydroxyl groups is 1. The van der Waals surface area contributed by atoms with Gasteiger partial charge in [0.05, 0.1) is 6.26 Å². The second kappa shape index (κ2) is 5.03. The predicted molar refractivity (Wildman–Crippen MR) is 44.5 cm³/mol. The van der Waals surface area contributed by atoms with Crippen LogP contribution in [0.25, 0.3) is 0 Å². The van der Waals surface area contributed by atoms with Gasteiger partial charge in [-0.05, 0) is 12.2 Å². The molecule has 2 N–H and O–H groups in total. The Labute approximate surface area is 79.8 Å². The van der Waals surface area contributed by atoms with E-state index in [9.17, 15) is 9.59 Å². The number of carbonyl (C=O) groups excluding carboxylic acids is 2. The number of aliphatic hydroxyl groups excluding tert-OH is 1. The molecule has 0 radical (unpaired) electrons. The summed E-state index contributed by atoms with van der Waals surface area (Å²) in [6, 6.07) is 0. The molecule has 1 amide bonds. The summed E-state index contributed by atoms with van der Waals surface area (Å²) < 4.78 is 4.85. The summed E-state index contributed by atoms with van der Waals surface area (Å²) in [6.07, 6.45) is 5.16. The zero-order chi connectivity index (χ0) is 10.4. The van der Waals surface area contributed by atoms with Crippen molar-refractivity contribution in [3.63, 3.8) is 0 Å². The van der Waals surface area contributed by atoms with Crippen LogP contribution in [0.4, 0.5) is 0 Å². The summed E-state index contributed by atoms with van der Waals surface area (Å²) in [5, 5.41) is 8.30. The molecular formula is C8H9NO5. The van der Waals surface area contributed by atoms with E-state index in [-0.39, 0.29) is 0 Å². The first-order valence-electron chi connectivity index (χ1n) is 3.83. The molecule has 1 aliphatic heterocycles. The van der Waals surface area contributed by atoms with Gasteiger partial charge in [-0.1, -0.05) is 6.08 Å². The molecule has 6 heteroatoms. The van der Waals surface area contributed by atoms with Gasteiger partial charge in [-0.15, -0.1) is 0 Å². The van der Waals surface area contributed by atoms with E-state index in [4.69, 9.17) is 9.84 Å². The highest BCUT2D eigenvalue weighted by Crippen LogP contribution is 2.03. The number of hydrogen-bond acceptors (Lipinski definition) is 5. The summed E-state index contributed by atoms with van der Waals surface area (Å²) >= 11 is 0. The Kier molecular flexibility index (Phi) is 3.69. The molecule has 1 aliphatic rings. The normalized spacial score (nSPS) is 18.5. The highest BCUT2D eigenvalue weighted by atomic mass is 16.7. The van der Waals surface area contributed by atoms with Crippen LogP contribution in [-0.2, 0) is 19.2 Å². The van der Waals surface area contributed by atoms with Gasteiger partial charge in [-0.25, -0.2) is 4.79 Å². The average Bonchev–Trinajstić information content (AvgIpc) is 2.26. The first kappa shape index (κ1) is 10.3. The monoisotopic (exact) mass is 199 g/mol. The molecule has 76 valence electrons. The van der Waals surface area contributed by atoms with Crippen LogP contribution in [0.1, 0.15) is 0 Å². The minimum absolute atomic E-state index is 0.742. The van der Waals surface area contributed by atoms with Crippen molar-refractivity contribution in [2.75, 3.05) is 6.61 Å². The van der Waals surface area contributed by atoms with Crippen molar-refractivity contribution in [1.82, 2.24) is 5.48 Å². The lowest BCUT2D eigenvalue weighted by Crippen LogP contribution is -2.34. The van der Waals surface area contributed by atoms with Gasteiger partial charge in [0.25, 0.3) is 5.91 Å². The van der Waals surface area contributed by atoms with Gasteiger partial charge in [0.2, 0.25) is 6.10 Å². The highest BCUT2D eigenvalue weighted by Gasteiger charge is 2.19. The topological polar surface area (TPSA) is 84.9 Å². The Bertz CT molecular complexity index is 283. The van der Waals surface area contributed by atoms with E-state index in [1.54, 1.807) is 17.6 Å². The molecule has 1 unspecified atom stereocenters. The number of nitrogens with one attached hydrogen (secondary N) is 1. The van der Waals surface area contributed by atoms with Gasteiger partial charge < -0.3 is 14.7 Å². The zero-order valence-corrected chi connectivity index (χ0v) is 7.17. The summed E-state index contributed by atoms with van der Waals surface area (Å²) in [4.78, 5) is 25.9. The second-order valence-electron chi connectivity index (χ2n) is 2.37.